The number of aryl methyl sites for hydroxylation is 1. The summed E-state index contributed by atoms with van der Waals surface area (Å²) in [5.74, 6) is 0.980. The molecule has 0 spiro atoms. The number of benzene rings is 1. The molecular weight excluding hydrogens is 150 g/mol. The van der Waals surface area contributed by atoms with Crippen LogP contribution in [-0.4, -0.2) is 12.6 Å². The normalized spacial score (nSPS) is 20.7. The van der Waals surface area contributed by atoms with E-state index in [-0.39, 0.29) is 6.10 Å². The van der Waals surface area contributed by atoms with Gasteiger partial charge in [0.25, 0.3) is 0 Å². The van der Waals surface area contributed by atoms with Crippen LogP contribution < -0.4 is 10.1 Å². The molecule has 2 nitrogen and oxygen atoms in total. The third-order valence-electron chi connectivity index (χ3n) is 2.05. The topological polar surface area (TPSA) is 21.3 Å². The van der Waals surface area contributed by atoms with E-state index in [1.807, 2.05) is 0 Å². The zero-order valence-electron chi connectivity index (χ0n) is 7.42. The van der Waals surface area contributed by atoms with Gasteiger partial charge in [0.1, 0.15) is 11.9 Å². The zero-order chi connectivity index (χ0) is 8.55. The van der Waals surface area contributed by atoms with Gasteiger partial charge in [-0.15, -0.1) is 0 Å². The number of rotatable bonds is 0. The van der Waals surface area contributed by atoms with Gasteiger partial charge in [0.2, 0.25) is 0 Å². The molecule has 0 aromatic heterocycles. The first-order chi connectivity index (χ1) is 5.75. The lowest BCUT2D eigenvalue weighted by Gasteiger charge is -2.24. The van der Waals surface area contributed by atoms with Crippen molar-refractivity contribution in [1.82, 2.24) is 0 Å². The first kappa shape index (κ1) is 7.47. The summed E-state index contributed by atoms with van der Waals surface area (Å²) in [4.78, 5) is 0. The Morgan fingerprint density at radius 2 is 2.33 bits per heavy atom. The Morgan fingerprint density at radius 3 is 3.17 bits per heavy atom. The summed E-state index contributed by atoms with van der Waals surface area (Å²) in [6.45, 7) is 5.04. The van der Waals surface area contributed by atoms with Gasteiger partial charge in [-0.1, -0.05) is 6.07 Å². The van der Waals surface area contributed by atoms with Crippen molar-refractivity contribution in [2.24, 2.45) is 0 Å². The fourth-order valence-corrected chi connectivity index (χ4v) is 1.39. The molecule has 0 bridgehead atoms. The summed E-state index contributed by atoms with van der Waals surface area (Å²) in [6, 6.07) is 6.22. The van der Waals surface area contributed by atoms with E-state index in [2.05, 4.69) is 37.4 Å². The van der Waals surface area contributed by atoms with Gasteiger partial charge in [-0.3, -0.25) is 0 Å². The van der Waals surface area contributed by atoms with E-state index in [0.29, 0.717) is 0 Å². The van der Waals surface area contributed by atoms with Gasteiger partial charge in [0.15, 0.2) is 0 Å². The van der Waals surface area contributed by atoms with Crippen LogP contribution in [0.15, 0.2) is 18.2 Å². The molecule has 12 heavy (non-hydrogen) atoms. The number of anilines is 1. The van der Waals surface area contributed by atoms with Gasteiger partial charge in [-0.25, -0.2) is 0 Å². The second kappa shape index (κ2) is 2.70. The van der Waals surface area contributed by atoms with Crippen molar-refractivity contribution in [3.8, 4) is 5.75 Å². The maximum absolute atomic E-state index is 5.65. The standard InChI is InChI=1S/C10H13NO/c1-7-3-4-9-10(5-7)12-8(2)6-11-9/h3-5,8,11H,6H2,1-2H3. The predicted molar refractivity (Wildman–Crippen MR) is 49.8 cm³/mol. The second-order valence-corrected chi connectivity index (χ2v) is 3.31. The largest absolute Gasteiger partial charge is 0.487 e. The van der Waals surface area contributed by atoms with Crippen LogP contribution in [0, 0.1) is 6.92 Å². The molecule has 0 saturated carbocycles. The quantitative estimate of drug-likeness (QED) is 0.633. The van der Waals surface area contributed by atoms with E-state index >= 15 is 0 Å². The Bertz CT molecular complexity index is 296. The van der Waals surface area contributed by atoms with Gasteiger partial charge in [0.05, 0.1) is 12.2 Å². The van der Waals surface area contributed by atoms with Crippen LogP contribution in [0.1, 0.15) is 12.5 Å². The molecule has 1 atom stereocenters. The molecule has 0 radical (unpaired) electrons. The van der Waals surface area contributed by atoms with E-state index in [1.165, 1.54) is 5.56 Å². The minimum Gasteiger partial charge on any atom is -0.487 e. The minimum absolute atomic E-state index is 0.277. The first-order valence-corrected chi connectivity index (χ1v) is 4.27. The SMILES string of the molecule is Cc1ccc2c(c1)OC(C)CN2. The molecule has 1 aromatic carbocycles. The lowest BCUT2D eigenvalue weighted by molar-refractivity contribution is 0.226. The Balaban J connectivity index is 2.37. The van der Waals surface area contributed by atoms with Gasteiger partial charge in [0, 0.05) is 0 Å². The summed E-state index contributed by atoms with van der Waals surface area (Å²) in [7, 11) is 0. The van der Waals surface area contributed by atoms with Crippen LogP contribution in [0.4, 0.5) is 5.69 Å². The first-order valence-electron chi connectivity index (χ1n) is 4.27. The second-order valence-electron chi connectivity index (χ2n) is 3.31. The third-order valence-corrected chi connectivity index (χ3v) is 2.05. The fraction of sp³-hybridized carbons (Fsp3) is 0.400. The maximum Gasteiger partial charge on any atom is 0.143 e. The molecule has 0 amide bonds. The van der Waals surface area contributed by atoms with E-state index in [4.69, 9.17) is 4.74 Å². The molecule has 1 aliphatic rings. The lowest BCUT2D eigenvalue weighted by Crippen LogP contribution is -2.27. The Labute approximate surface area is 72.5 Å². The smallest absolute Gasteiger partial charge is 0.143 e. The average molecular weight is 163 g/mol. The van der Waals surface area contributed by atoms with Gasteiger partial charge in [-0.05, 0) is 31.5 Å². The predicted octanol–water partition coefficient (Wildman–Crippen LogP) is 2.19. The molecule has 2 rings (SSSR count). The van der Waals surface area contributed by atoms with Crippen molar-refractivity contribution in [1.29, 1.82) is 0 Å². The molecule has 1 aromatic rings. The van der Waals surface area contributed by atoms with E-state index in [9.17, 15) is 0 Å². The Kier molecular flexibility index (Phi) is 1.68. The summed E-state index contributed by atoms with van der Waals surface area (Å²) < 4.78 is 5.65. The number of nitrogens with one attached hydrogen (secondary N) is 1. The highest BCUT2D eigenvalue weighted by Crippen LogP contribution is 2.29. The van der Waals surface area contributed by atoms with E-state index < -0.39 is 0 Å². The Morgan fingerprint density at radius 1 is 1.50 bits per heavy atom. The lowest BCUT2D eigenvalue weighted by atomic mass is 10.2. The Hall–Kier alpha value is -1.18. The third kappa shape index (κ3) is 1.24. The van der Waals surface area contributed by atoms with Gasteiger partial charge in [-0.2, -0.15) is 0 Å². The van der Waals surface area contributed by atoms with Gasteiger partial charge >= 0.3 is 0 Å². The summed E-state index contributed by atoms with van der Waals surface area (Å²) in [5, 5.41) is 3.31. The van der Waals surface area contributed by atoms with Crippen molar-refractivity contribution >= 4 is 5.69 Å². The molecule has 0 saturated heterocycles. The van der Waals surface area contributed by atoms with Gasteiger partial charge < -0.3 is 10.1 Å². The summed E-state index contributed by atoms with van der Waals surface area (Å²) in [6.07, 6.45) is 0.277. The molecule has 0 fully saturated rings. The molecule has 2 heteroatoms. The molecule has 1 N–H and O–H groups in total. The highest BCUT2D eigenvalue weighted by atomic mass is 16.5. The minimum atomic E-state index is 0.277. The number of hydrogen-bond acceptors (Lipinski definition) is 2. The van der Waals surface area contributed by atoms with Crippen molar-refractivity contribution in [2.75, 3.05) is 11.9 Å². The van der Waals surface area contributed by atoms with Crippen molar-refractivity contribution in [3.63, 3.8) is 0 Å². The highest BCUT2D eigenvalue weighted by molar-refractivity contribution is 5.59. The van der Waals surface area contributed by atoms with E-state index in [1.54, 1.807) is 0 Å². The van der Waals surface area contributed by atoms with Crippen LogP contribution in [-0.2, 0) is 0 Å². The highest BCUT2D eigenvalue weighted by Gasteiger charge is 2.14. The van der Waals surface area contributed by atoms with Crippen LogP contribution in [0.5, 0.6) is 5.75 Å². The van der Waals surface area contributed by atoms with Crippen molar-refractivity contribution < 1.29 is 4.74 Å². The molecule has 64 valence electrons. The number of ether oxygens (including phenoxy) is 1. The maximum atomic E-state index is 5.65. The van der Waals surface area contributed by atoms with Crippen LogP contribution in [0.3, 0.4) is 0 Å². The molecule has 0 aliphatic carbocycles. The summed E-state index contributed by atoms with van der Waals surface area (Å²) >= 11 is 0. The van der Waals surface area contributed by atoms with Crippen molar-refractivity contribution in [2.45, 2.75) is 20.0 Å². The molecule has 1 heterocycles. The number of fused-ring (bicyclic) bond motifs is 1. The van der Waals surface area contributed by atoms with Crippen LogP contribution in [0.25, 0.3) is 0 Å². The number of hydrogen-bond donors (Lipinski definition) is 1. The van der Waals surface area contributed by atoms with Crippen molar-refractivity contribution in [3.05, 3.63) is 23.8 Å². The van der Waals surface area contributed by atoms with Crippen LogP contribution >= 0.6 is 0 Å². The molecule has 1 unspecified atom stereocenters. The van der Waals surface area contributed by atoms with E-state index in [0.717, 1.165) is 18.0 Å². The molecule has 1 aliphatic heterocycles. The zero-order valence-corrected chi connectivity index (χ0v) is 7.42. The van der Waals surface area contributed by atoms with Crippen LogP contribution in [0.2, 0.25) is 0 Å². The summed E-state index contributed by atoms with van der Waals surface area (Å²) in [5.41, 5.74) is 2.35. The monoisotopic (exact) mass is 163 g/mol. The fourth-order valence-electron chi connectivity index (χ4n) is 1.39. The average Bonchev–Trinajstić information content (AvgIpc) is 2.03. The molecular formula is C10H13NO.